The third kappa shape index (κ3) is 2.27. The SMILES string of the molecule is CNC(=O)C(=O)N1CCC=C(F)C1. The Morgan fingerprint density at radius 2 is 2.31 bits per heavy atom. The monoisotopic (exact) mass is 186 g/mol. The zero-order valence-electron chi connectivity index (χ0n) is 7.34. The summed E-state index contributed by atoms with van der Waals surface area (Å²) < 4.78 is 12.7. The minimum Gasteiger partial charge on any atom is -0.351 e. The zero-order valence-corrected chi connectivity index (χ0v) is 7.34. The molecule has 0 aromatic heterocycles. The standard InChI is InChI=1S/C8H11FN2O2/c1-10-7(12)8(13)11-4-2-3-6(9)5-11/h3H,2,4-5H2,1H3,(H,10,12). The highest BCUT2D eigenvalue weighted by molar-refractivity contribution is 6.34. The number of carbonyl (C=O) groups is 2. The van der Waals surface area contributed by atoms with Crippen LogP contribution in [0.4, 0.5) is 4.39 Å². The number of nitrogens with one attached hydrogen (secondary N) is 1. The maximum Gasteiger partial charge on any atom is 0.312 e. The summed E-state index contributed by atoms with van der Waals surface area (Å²) in [5.74, 6) is -1.73. The molecule has 0 radical (unpaired) electrons. The molecule has 0 saturated heterocycles. The number of rotatable bonds is 0. The molecule has 0 unspecified atom stereocenters. The lowest BCUT2D eigenvalue weighted by atomic mass is 10.2. The van der Waals surface area contributed by atoms with Crippen LogP contribution in [0.25, 0.3) is 0 Å². The predicted molar refractivity (Wildman–Crippen MR) is 44.5 cm³/mol. The molecule has 1 aliphatic heterocycles. The van der Waals surface area contributed by atoms with Crippen LogP contribution in [0.15, 0.2) is 11.9 Å². The van der Waals surface area contributed by atoms with Gasteiger partial charge in [-0.05, 0) is 12.5 Å². The molecule has 1 N–H and O–H groups in total. The van der Waals surface area contributed by atoms with Crippen LogP contribution in [-0.4, -0.2) is 36.9 Å². The van der Waals surface area contributed by atoms with Crippen LogP contribution in [0, 0.1) is 0 Å². The van der Waals surface area contributed by atoms with Crippen molar-refractivity contribution in [2.75, 3.05) is 20.1 Å². The van der Waals surface area contributed by atoms with Crippen LogP contribution < -0.4 is 5.32 Å². The highest BCUT2D eigenvalue weighted by atomic mass is 19.1. The van der Waals surface area contributed by atoms with E-state index in [1.54, 1.807) is 0 Å². The van der Waals surface area contributed by atoms with Crippen molar-refractivity contribution in [1.29, 1.82) is 0 Å². The number of amides is 2. The Morgan fingerprint density at radius 3 is 2.85 bits per heavy atom. The van der Waals surface area contributed by atoms with Crippen molar-refractivity contribution in [3.63, 3.8) is 0 Å². The summed E-state index contributed by atoms with van der Waals surface area (Å²) in [4.78, 5) is 23.3. The Bertz CT molecular complexity index is 263. The summed E-state index contributed by atoms with van der Waals surface area (Å²) in [6.45, 7) is 0.311. The van der Waals surface area contributed by atoms with Crippen molar-refractivity contribution in [2.24, 2.45) is 0 Å². The summed E-state index contributed by atoms with van der Waals surface area (Å²) in [6.07, 6.45) is 1.89. The van der Waals surface area contributed by atoms with Crippen LogP contribution in [0.5, 0.6) is 0 Å². The summed E-state index contributed by atoms with van der Waals surface area (Å²) in [7, 11) is 1.37. The molecule has 1 rings (SSSR count). The molecule has 4 nitrogen and oxygen atoms in total. The third-order valence-electron chi connectivity index (χ3n) is 1.82. The molecule has 0 atom stereocenters. The van der Waals surface area contributed by atoms with Crippen molar-refractivity contribution in [3.05, 3.63) is 11.9 Å². The summed E-state index contributed by atoms with van der Waals surface area (Å²) in [6, 6.07) is 0. The maximum atomic E-state index is 12.7. The molecule has 0 saturated carbocycles. The van der Waals surface area contributed by atoms with Gasteiger partial charge in [0.1, 0.15) is 5.83 Å². The summed E-state index contributed by atoms with van der Waals surface area (Å²) in [5, 5.41) is 2.20. The molecule has 1 heterocycles. The smallest absolute Gasteiger partial charge is 0.312 e. The van der Waals surface area contributed by atoms with Gasteiger partial charge in [0, 0.05) is 13.6 Å². The maximum absolute atomic E-state index is 12.7. The minimum absolute atomic E-state index is 0.0910. The molecule has 5 heteroatoms. The average molecular weight is 186 g/mol. The van der Waals surface area contributed by atoms with Crippen LogP contribution >= 0.6 is 0 Å². The molecule has 1 aliphatic rings. The summed E-state index contributed by atoms with van der Waals surface area (Å²) >= 11 is 0. The Morgan fingerprint density at radius 1 is 1.62 bits per heavy atom. The van der Waals surface area contributed by atoms with E-state index < -0.39 is 11.8 Å². The fraction of sp³-hybridized carbons (Fsp3) is 0.500. The number of carbonyl (C=O) groups excluding carboxylic acids is 2. The number of hydrogen-bond acceptors (Lipinski definition) is 2. The Kier molecular flexibility index (Phi) is 3.00. The van der Waals surface area contributed by atoms with Gasteiger partial charge in [0.2, 0.25) is 0 Å². The van der Waals surface area contributed by atoms with Gasteiger partial charge < -0.3 is 10.2 Å². The number of likely N-dealkylation sites (N-methyl/N-ethyl adjacent to an activating group) is 1. The van der Waals surface area contributed by atoms with E-state index in [9.17, 15) is 14.0 Å². The normalized spacial score (nSPS) is 16.5. The van der Waals surface area contributed by atoms with E-state index in [1.807, 2.05) is 0 Å². The van der Waals surface area contributed by atoms with E-state index in [0.29, 0.717) is 13.0 Å². The zero-order chi connectivity index (χ0) is 9.84. The minimum atomic E-state index is -0.699. The molecule has 0 bridgehead atoms. The quantitative estimate of drug-likeness (QED) is 0.533. The lowest BCUT2D eigenvalue weighted by Crippen LogP contribution is -2.43. The van der Waals surface area contributed by atoms with Gasteiger partial charge >= 0.3 is 11.8 Å². The first kappa shape index (κ1) is 9.70. The molecular formula is C8H11FN2O2. The largest absolute Gasteiger partial charge is 0.351 e. The van der Waals surface area contributed by atoms with Crippen molar-refractivity contribution >= 4 is 11.8 Å². The molecule has 0 aromatic carbocycles. The lowest BCUT2D eigenvalue weighted by molar-refractivity contribution is -0.145. The molecule has 13 heavy (non-hydrogen) atoms. The number of nitrogens with zero attached hydrogens (tertiary/aromatic N) is 1. The van der Waals surface area contributed by atoms with Crippen molar-refractivity contribution in [3.8, 4) is 0 Å². The molecular weight excluding hydrogens is 175 g/mol. The van der Waals surface area contributed by atoms with Crippen LogP contribution in [0.3, 0.4) is 0 Å². The first-order valence-electron chi connectivity index (χ1n) is 4.00. The molecule has 0 spiro atoms. The first-order valence-corrected chi connectivity index (χ1v) is 4.00. The van der Waals surface area contributed by atoms with Crippen molar-refractivity contribution < 1.29 is 14.0 Å². The topological polar surface area (TPSA) is 49.4 Å². The van der Waals surface area contributed by atoms with Crippen LogP contribution in [-0.2, 0) is 9.59 Å². The van der Waals surface area contributed by atoms with E-state index in [0.717, 1.165) is 0 Å². The van der Waals surface area contributed by atoms with Crippen LogP contribution in [0.2, 0.25) is 0 Å². The van der Waals surface area contributed by atoms with Crippen LogP contribution in [0.1, 0.15) is 6.42 Å². The lowest BCUT2D eigenvalue weighted by Gasteiger charge is -2.23. The molecule has 0 aromatic rings. The highest BCUT2D eigenvalue weighted by Crippen LogP contribution is 2.10. The van der Waals surface area contributed by atoms with E-state index in [4.69, 9.17) is 0 Å². The van der Waals surface area contributed by atoms with Gasteiger partial charge in [0.15, 0.2) is 0 Å². The second-order valence-electron chi connectivity index (χ2n) is 2.75. The fourth-order valence-electron chi connectivity index (χ4n) is 1.13. The highest BCUT2D eigenvalue weighted by Gasteiger charge is 2.23. The van der Waals surface area contributed by atoms with Gasteiger partial charge in [-0.2, -0.15) is 0 Å². The van der Waals surface area contributed by atoms with Crippen molar-refractivity contribution in [2.45, 2.75) is 6.42 Å². The van der Waals surface area contributed by atoms with E-state index in [2.05, 4.69) is 5.32 Å². The fourth-order valence-corrected chi connectivity index (χ4v) is 1.13. The molecule has 0 fully saturated rings. The third-order valence-corrected chi connectivity index (χ3v) is 1.82. The number of halogens is 1. The second-order valence-corrected chi connectivity index (χ2v) is 2.75. The Labute approximate surface area is 75.4 Å². The van der Waals surface area contributed by atoms with Gasteiger partial charge in [0.05, 0.1) is 6.54 Å². The Balaban J connectivity index is 2.59. The van der Waals surface area contributed by atoms with Gasteiger partial charge in [0.25, 0.3) is 0 Å². The molecule has 2 amide bonds. The van der Waals surface area contributed by atoms with Gasteiger partial charge in [-0.15, -0.1) is 0 Å². The van der Waals surface area contributed by atoms with E-state index in [-0.39, 0.29) is 12.4 Å². The van der Waals surface area contributed by atoms with Gasteiger partial charge in [-0.25, -0.2) is 4.39 Å². The second kappa shape index (κ2) is 4.02. The van der Waals surface area contributed by atoms with Gasteiger partial charge in [-0.3, -0.25) is 9.59 Å². The first-order chi connectivity index (χ1) is 6.15. The van der Waals surface area contributed by atoms with Gasteiger partial charge in [-0.1, -0.05) is 0 Å². The van der Waals surface area contributed by atoms with E-state index >= 15 is 0 Å². The van der Waals surface area contributed by atoms with Crippen molar-refractivity contribution in [1.82, 2.24) is 10.2 Å². The van der Waals surface area contributed by atoms with E-state index in [1.165, 1.54) is 18.0 Å². The molecule has 72 valence electrons. The Hall–Kier alpha value is -1.39. The average Bonchev–Trinajstić information content (AvgIpc) is 2.15. The number of hydrogen-bond donors (Lipinski definition) is 1. The molecule has 0 aliphatic carbocycles. The predicted octanol–water partition coefficient (Wildman–Crippen LogP) is -0.182. The summed E-state index contributed by atoms with van der Waals surface area (Å²) in [5.41, 5.74) is 0.